The van der Waals surface area contributed by atoms with Gasteiger partial charge in [0.25, 0.3) is 0 Å². The van der Waals surface area contributed by atoms with Crippen molar-refractivity contribution in [3.63, 3.8) is 0 Å². The normalized spacial score (nSPS) is 25.3. The van der Waals surface area contributed by atoms with Crippen molar-refractivity contribution in [3.8, 4) is 0 Å². The third-order valence-electron chi connectivity index (χ3n) is 5.11. The van der Waals surface area contributed by atoms with Crippen molar-refractivity contribution in [2.24, 2.45) is 7.05 Å². The maximum Gasteiger partial charge on any atom is 0.0791 e. The van der Waals surface area contributed by atoms with Gasteiger partial charge in [0.05, 0.1) is 36.8 Å². The zero-order valence-electron chi connectivity index (χ0n) is 14.2. The summed E-state index contributed by atoms with van der Waals surface area (Å²) in [7, 11) is 1.97. The first-order valence-corrected chi connectivity index (χ1v) is 8.78. The summed E-state index contributed by atoms with van der Waals surface area (Å²) in [5, 5.41) is 4.28. The predicted octanol–water partition coefficient (Wildman–Crippen LogP) is 1.68. The summed E-state index contributed by atoms with van der Waals surface area (Å²) in [5.41, 5.74) is 2.50. The second kappa shape index (κ2) is 6.91. The van der Waals surface area contributed by atoms with Crippen LogP contribution in [0.4, 0.5) is 5.69 Å². The molecule has 0 amide bonds. The van der Waals surface area contributed by atoms with Crippen LogP contribution in [0.2, 0.25) is 0 Å². The monoisotopic (exact) mass is 327 g/mol. The van der Waals surface area contributed by atoms with Crippen LogP contribution in [-0.2, 0) is 18.3 Å². The first-order valence-electron chi connectivity index (χ1n) is 8.78. The van der Waals surface area contributed by atoms with Crippen molar-refractivity contribution >= 4 is 5.69 Å². The van der Waals surface area contributed by atoms with E-state index in [9.17, 15) is 0 Å². The van der Waals surface area contributed by atoms with Gasteiger partial charge in [-0.3, -0.25) is 14.6 Å². The van der Waals surface area contributed by atoms with Gasteiger partial charge >= 0.3 is 0 Å². The molecule has 6 heteroatoms. The van der Waals surface area contributed by atoms with Crippen LogP contribution in [0, 0.1) is 0 Å². The van der Waals surface area contributed by atoms with Crippen LogP contribution in [0.5, 0.6) is 0 Å². The molecule has 0 spiro atoms. The number of likely N-dealkylation sites (tertiary alicyclic amines) is 1. The van der Waals surface area contributed by atoms with Crippen LogP contribution in [0.3, 0.4) is 0 Å². The van der Waals surface area contributed by atoms with Crippen LogP contribution >= 0.6 is 0 Å². The van der Waals surface area contributed by atoms with Crippen LogP contribution in [-0.4, -0.2) is 58.1 Å². The van der Waals surface area contributed by atoms with E-state index in [1.54, 1.807) is 0 Å². The molecular weight excluding hydrogens is 302 g/mol. The lowest BCUT2D eigenvalue weighted by atomic mass is 10.0. The second-order valence-corrected chi connectivity index (χ2v) is 6.76. The highest BCUT2D eigenvalue weighted by atomic mass is 16.5. The summed E-state index contributed by atoms with van der Waals surface area (Å²) in [6, 6.07) is 4.63. The Balaban J connectivity index is 1.45. The molecule has 6 nitrogen and oxygen atoms in total. The third kappa shape index (κ3) is 3.30. The molecule has 0 N–H and O–H groups in total. The fourth-order valence-electron chi connectivity index (χ4n) is 3.95. The van der Waals surface area contributed by atoms with Crippen molar-refractivity contribution in [1.82, 2.24) is 19.7 Å². The minimum Gasteiger partial charge on any atom is -0.374 e. The van der Waals surface area contributed by atoms with Gasteiger partial charge in [-0.15, -0.1) is 0 Å². The van der Waals surface area contributed by atoms with Crippen molar-refractivity contribution < 1.29 is 4.74 Å². The van der Waals surface area contributed by atoms with Gasteiger partial charge in [-0.1, -0.05) is 0 Å². The van der Waals surface area contributed by atoms with Gasteiger partial charge in [0, 0.05) is 51.2 Å². The fourth-order valence-corrected chi connectivity index (χ4v) is 3.95. The van der Waals surface area contributed by atoms with Gasteiger partial charge in [-0.25, -0.2) is 0 Å². The second-order valence-electron chi connectivity index (χ2n) is 6.76. The number of aromatic nitrogens is 3. The van der Waals surface area contributed by atoms with Crippen LogP contribution in [0.15, 0.2) is 36.9 Å². The Bertz CT molecular complexity index is 658. The Labute approximate surface area is 143 Å². The molecule has 0 aromatic carbocycles. The van der Waals surface area contributed by atoms with Gasteiger partial charge in [-0.2, -0.15) is 5.10 Å². The average Bonchev–Trinajstić information content (AvgIpc) is 2.91. The van der Waals surface area contributed by atoms with Crippen LogP contribution < -0.4 is 4.90 Å². The number of anilines is 1. The van der Waals surface area contributed by atoms with Crippen molar-refractivity contribution in [3.05, 3.63) is 42.5 Å². The van der Waals surface area contributed by atoms with Crippen molar-refractivity contribution in [2.75, 3.05) is 31.1 Å². The molecule has 0 saturated carbocycles. The van der Waals surface area contributed by atoms with Gasteiger partial charge in [-0.05, 0) is 25.0 Å². The maximum atomic E-state index is 6.11. The molecule has 2 fully saturated rings. The summed E-state index contributed by atoms with van der Waals surface area (Å²) in [5.74, 6) is 0. The quantitative estimate of drug-likeness (QED) is 0.858. The summed E-state index contributed by atoms with van der Waals surface area (Å²) in [4.78, 5) is 9.31. The highest BCUT2D eigenvalue weighted by Crippen LogP contribution is 2.28. The highest BCUT2D eigenvalue weighted by molar-refractivity contribution is 5.45. The van der Waals surface area contributed by atoms with Crippen LogP contribution in [0.1, 0.15) is 18.4 Å². The van der Waals surface area contributed by atoms with E-state index in [4.69, 9.17) is 4.74 Å². The van der Waals surface area contributed by atoms with E-state index in [0.717, 1.165) is 45.6 Å². The summed E-state index contributed by atoms with van der Waals surface area (Å²) in [6.45, 7) is 4.90. The molecule has 2 aromatic heterocycles. The number of pyridine rings is 1. The number of morpholine rings is 1. The van der Waals surface area contributed by atoms with E-state index in [2.05, 4.69) is 32.1 Å². The third-order valence-corrected chi connectivity index (χ3v) is 5.11. The lowest BCUT2D eigenvalue weighted by molar-refractivity contribution is 0.00893. The Hall–Kier alpha value is -1.92. The molecule has 2 saturated heterocycles. The highest BCUT2D eigenvalue weighted by Gasteiger charge is 2.34. The predicted molar refractivity (Wildman–Crippen MR) is 92.8 cm³/mol. The minimum atomic E-state index is 0.317. The van der Waals surface area contributed by atoms with Gasteiger partial charge in [0.2, 0.25) is 0 Å². The molecule has 2 aliphatic heterocycles. The summed E-state index contributed by atoms with van der Waals surface area (Å²) >= 11 is 0. The number of rotatable bonds is 3. The molecule has 0 bridgehead atoms. The molecular formula is C18H25N5O. The minimum absolute atomic E-state index is 0.317. The molecule has 2 aromatic rings. The first-order chi connectivity index (χ1) is 11.8. The Morgan fingerprint density at radius 2 is 2.12 bits per heavy atom. The molecule has 0 radical (unpaired) electrons. The molecule has 2 atom stereocenters. The Kier molecular flexibility index (Phi) is 4.49. The van der Waals surface area contributed by atoms with Gasteiger partial charge in [0.1, 0.15) is 0 Å². The molecule has 0 unspecified atom stereocenters. The SMILES string of the molecule is Cn1cc(CN2CC[C@@H]3OCCN(c4cccnc4)[C@@H]3CC2)cn1. The number of aryl methyl sites for hydroxylation is 1. The number of fused-ring (bicyclic) bond motifs is 1. The lowest BCUT2D eigenvalue weighted by Gasteiger charge is -2.41. The number of hydrogen-bond donors (Lipinski definition) is 0. The van der Waals surface area contributed by atoms with Crippen molar-refractivity contribution in [1.29, 1.82) is 0 Å². The molecule has 0 aliphatic carbocycles. The standard InChI is InChI=1S/C18H25N5O/c1-21-13-15(11-20-21)14-22-7-4-17-18(5-8-22)24-10-9-23(17)16-3-2-6-19-12-16/h2-3,6,11-13,17-18H,4-5,7-10,14H2,1H3/t17-,18+/m1/s1. The van der Waals surface area contributed by atoms with E-state index in [-0.39, 0.29) is 0 Å². The maximum absolute atomic E-state index is 6.11. The molecule has 24 heavy (non-hydrogen) atoms. The number of ether oxygens (including phenoxy) is 1. The average molecular weight is 327 g/mol. The van der Waals surface area contributed by atoms with E-state index >= 15 is 0 Å². The largest absolute Gasteiger partial charge is 0.374 e. The van der Waals surface area contributed by atoms with Crippen LogP contribution in [0.25, 0.3) is 0 Å². The van der Waals surface area contributed by atoms with E-state index in [1.807, 2.05) is 36.4 Å². The Morgan fingerprint density at radius 1 is 1.21 bits per heavy atom. The zero-order chi connectivity index (χ0) is 16.4. The van der Waals surface area contributed by atoms with E-state index in [0.29, 0.717) is 12.1 Å². The summed E-state index contributed by atoms with van der Waals surface area (Å²) in [6.07, 6.45) is 10.4. The smallest absolute Gasteiger partial charge is 0.0791 e. The van der Waals surface area contributed by atoms with Gasteiger partial charge < -0.3 is 9.64 Å². The zero-order valence-corrected chi connectivity index (χ0v) is 14.2. The lowest BCUT2D eigenvalue weighted by Crippen LogP contribution is -2.51. The van der Waals surface area contributed by atoms with Crippen molar-refractivity contribution in [2.45, 2.75) is 31.5 Å². The molecule has 4 rings (SSSR count). The number of hydrogen-bond acceptors (Lipinski definition) is 5. The molecule has 4 heterocycles. The summed E-state index contributed by atoms with van der Waals surface area (Å²) < 4.78 is 7.99. The van der Waals surface area contributed by atoms with Gasteiger partial charge in [0.15, 0.2) is 0 Å². The van der Waals surface area contributed by atoms with E-state index < -0.39 is 0 Å². The Morgan fingerprint density at radius 3 is 2.92 bits per heavy atom. The fraction of sp³-hybridized carbons (Fsp3) is 0.556. The molecule has 128 valence electrons. The van der Waals surface area contributed by atoms with E-state index in [1.165, 1.54) is 11.3 Å². The first kappa shape index (κ1) is 15.6. The topological polar surface area (TPSA) is 46.4 Å². The molecule has 2 aliphatic rings. The number of nitrogens with zero attached hydrogens (tertiary/aromatic N) is 5.